The highest BCUT2D eigenvalue weighted by Gasteiger charge is 2.14. The second-order valence-electron chi connectivity index (χ2n) is 5.68. The summed E-state index contributed by atoms with van der Waals surface area (Å²) in [6, 6.07) is 8.78. The van der Waals surface area contributed by atoms with Crippen molar-refractivity contribution < 1.29 is 5.11 Å². The van der Waals surface area contributed by atoms with Crippen LogP contribution >= 0.6 is 0 Å². The molecule has 0 radical (unpaired) electrons. The molecular formula is C17H25N3O. The third-order valence-corrected chi connectivity index (χ3v) is 3.91. The molecule has 0 fully saturated rings. The highest BCUT2D eigenvalue weighted by Crippen LogP contribution is 2.20. The quantitative estimate of drug-likeness (QED) is 0.859. The Labute approximate surface area is 126 Å². The van der Waals surface area contributed by atoms with E-state index in [1.807, 2.05) is 11.6 Å². The lowest BCUT2D eigenvalue weighted by atomic mass is 10.0. The normalized spacial score (nSPS) is 12.4. The van der Waals surface area contributed by atoms with E-state index in [1.54, 1.807) is 0 Å². The van der Waals surface area contributed by atoms with Crippen molar-refractivity contribution in [3.8, 4) is 0 Å². The van der Waals surface area contributed by atoms with E-state index in [9.17, 15) is 0 Å². The number of aliphatic hydroxyl groups is 1. The second kappa shape index (κ2) is 6.76. The fraction of sp³-hybridized carbons (Fsp3) is 0.471. The third-order valence-electron chi connectivity index (χ3n) is 3.91. The molecule has 0 bridgehead atoms. The fourth-order valence-electron chi connectivity index (χ4n) is 2.56. The molecular weight excluding hydrogens is 262 g/mol. The molecule has 21 heavy (non-hydrogen) atoms. The summed E-state index contributed by atoms with van der Waals surface area (Å²) in [6.07, 6.45) is 0.968. The van der Waals surface area contributed by atoms with Crippen molar-refractivity contribution in [1.29, 1.82) is 0 Å². The van der Waals surface area contributed by atoms with Gasteiger partial charge in [0.05, 0.1) is 18.8 Å². The van der Waals surface area contributed by atoms with Crippen LogP contribution in [-0.4, -0.2) is 27.5 Å². The zero-order chi connectivity index (χ0) is 15.4. The summed E-state index contributed by atoms with van der Waals surface area (Å²) in [4.78, 5) is 0. The van der Waals surface area contributed by atoms with Crippen LogP contribution in [0.1, 0.15) is 29.3 Å². The van der Waals surface area contributed by atoms with Crippen LogP contribution in [0.4, 0.5) is 5.82 Å². The van der Waals surface area contributed by atoms with Crippen LogP contribution in [0.15, 0.2) is 24.3 Å². The molecule has 0 saturated heterocycles. The van der Waals surface area contributed by atoms with Crippen LogP contribution in [0.2, 0.25) is 0 Å². The van der Waals surface area contributed by atoms with Gasteiger partial charge in [-0.25, -0.2) is 4.68 Å². The van der Waals surface area contributed by atoms with E-state index in [0.717, 1.165) is 23.5 Å². The van der Waals surface area contributed by atoms with Gasteiger partial charge in [-0.3, -0.25) is 0 Å². The van der Waals surface area contributed by atoms with Crippen LogP contribution in [-0.2, 0) is 13.0 Å². The van der Waals surface area contributed by atoms with Gasteiger partial charge < -0.3 is 10.4 Å². The van der Waals surface area contributed by atoms with Crippen LogP contribution < -0.4 is 5.32 Å². The van der Waals surface area contributed by atoms with Gasteiger partial charge in [-0.1, -0.05) is 24.3 Å². The van der Waals surface area contributed by atoms with E-state index >= 15 is 0 Å². The van der Waals surface area contributed by atoms with Gasteiger partial charge in [0.25, 0.3) is 0 Å². The molecule has 0 aliphatic heterocycles. The summed E-state index contributed by atoms with van der Waals surface area (Å²) in [5, 5.41) is 17.2. The summed E-state index contributed by atoms with van der Waals surface area (Å²) < 4.78 is 1.86. The zero-order valence-electron chi connectivity index (χ0n) is 13.3. The smallest absolute Gasteiger partial charge is 0.127 e. The monoisotopic (exact) mass is 287 g/mol. The second-order valence-corrected chi connectivity index (χ2v) is 5.68. The molecule has 2 rings (SSSR count). The van der Waals surface area contributed by atoms with Crippen LogP contribution in [0.5, 0.6) is 0 Å². The van der Waals surface area contributed by atoms with Gasteiger partial charge in [0.1, 0.15) is 5.82 Å². The summed E-state index contributed by atoms with van der Waals surface area (Å²) in [7, 11) is 0. The highest BCUT2D eigenvalue weighted by atomic mass is 16.3. The Hall–Kier alpha value is -1.81. The largest absolute Gasteiger partial charge is 0.394 e. The molecule has 1 aromatic heterocycles. The molecule has 1 unspecified atom stereocenters. The van der Waals surface area contributed by atoms with Crippen molar-refractivity contribution >= 4 is 5.82 Å². The van der Waals surface area contributed by atoms with Crippen molar-refractivity contribution in [2.75, 3.05) is 11.9 Å². The maximum absolute atomic E-state index is 9.16. The van der Waals surface area contributed by atoms with E-state index in [0.29, 0.717) is 12.6 Å². The Balaban J connectivity index is 2.12. The maximum atomic E-state index is 9.16. The first-order chi connectivity index (χ1) is 10.0. The molecule has 2 N–H and O–H groups in total. The topological polar surface area (TPSA) is 50.1 Å². The molecule has 0 spiro atoms. The number of rotatable bonds is 6. The number of nitrogens with zero attached hydrogens (tertiary/aromatic N) is 2. The number of aliphatic hydroxyl groups excluding tert-OH is 1. The maximum Gasteiger partial charge on any atom is 0.127 e. The van der Waals surface area contributed by atoms with Gasteiger partial charge in [0.15, 0.2) is 0 Å². The van der Waals surface area contributed by atoms with Gasteiger partial charge >= 0.3 is 0 Å². The summed E-state index contributed by atoms with van der Waals surface area (Å²) in [6.45, 7) is 9.01. The van der Waals surface area contributed by atoms with Crippen LogP contribution in [0.3, 0.4) is 0 Å². The highest BCUT2D eigenvalue weighted by molar-refractivity contribution is 5.47. The molecule has 0 saturated carbocycles. The van der Waals surface area contributed by atoms with Crippen molar-refractivity contribution in [3.05, 3.63) is 46.6 Å². The number of nitrogens with one attached hydrogen (secondary N) is 1. The van der Waals surface area contributed by atoms with E-state index in [4.69, 9.17) is 5.11 Å². The van der Waals surface area contributed by atoms with Gasteiger partial charge in [-0.2, -0.15) is 5.10 Å². The molecule has 1 heterocycles. The lowest BCUT2D eigenvalue weighted by molar-refractivity contribution is 0.270. The van der Waals surface area contributed by atoms with Gasteiger partial charge in [0.2, 0.25) is 0 Å². The summed E-state index contributed by atoms with van der Waals surface area (Å²) in [5.41, 5.74) is 4.84. The van der Waals surface area contributed by atoms with E-state index in [2.05, 4.69) is 55.5 Å². The predicted octanol–water partition coefficient (Wildman–Crippen LogP) is 2.84. The standard InChI is InChI=1S/C17H25N3O/c1-12-7-5-6-8-16(12)11-13(2)18-17-14(3)15(4)19-20(17)9-10-21/h5-8,13,18,21H,9-11H2,1-4H3. The minimum atomic E-state index is 0.0986. The molecule has 4 heteroatoms. The minimum Gasteiger partial charge on any atom is -0.394 e. The number of hydrogen-bond donors (Lipinski definition) is 2. The van der Waals surface area contributed by atoms with Crippen LogP contribution in [0, 0.1) is 20.8 Å². The van der Waals surface area contributed by atoms with E-state index < -0.39 is 0 Å². The zero-order valence-corrected chi connectivity index (χ0v) is 13.3. The first-order valence-corrected chi connectivity index (χ1v) is 7.48. The lowest BCUT2D eigenvalue weighted by Gasteiger charge is -2.18. The molecule has 2 aromatic rings. The minimum absolute atomic E-state index is 0.0986. The van der Waals surface area contributed by atoms with Crippen molar-refractivity contribution in [2.45, 2.75) is 46.7 Å². The van der Waals surface area contributed by atoms with Crippen molar-refractivity contribution in [2.24, 2.45) is 0 Å². The number of aromatic nitrogens is 2. The van der Waals surface area contributed by atoms with E-state index in [-0.39, 0.29) is 6.61 Å². The molecule has 114 valence electrons. The Kier molecular flexibility index (Phi) is 5.02. The van der Waals surface area contributed by atoms with Crippen LogP contribution in [0.25, 0.3) is 0 Å². The first-order valence-electron chi connectivity index (χ1n) is 7.48. The SMILES string of the molecule is Cc1ccccc1CC(C)Nc1c(C)c(C)nn1CCO. The third kappa shape index (κ3) is 3.64. The summed E-state index contributed by atoms with van der Waals surface area (Å²) >= 11 is 0. The molecule has 0 aliphatic rings. The number of benzene rings is 1. The van der Waals surface area contributed by atoms with Crippen molar-refractivity contribution in [3.63, 3.8) is 0 Å². The molecule has 1 atom stereocenters. The van der Waals surface area contributed by atoms with Gasteiger partial charge in [0, 0.05) is 11.6 Å². The number of aryl methyl sites for hydroxylation is 2. The number of anilines is 1. The first kappa shape index (κ1) is 15.6. The van der Waals surface area contributed by atoms with E-state index in [1.165, 1.54) is 11.1 Å². The van der Waals surface area contributed by atoms with Gasteiger partial charge in [-0.15, -0.1) is 0 Å². The average molecular weight is 287 g/mol. The van der Waals surface area contributed by atoms with Gasteiger partial charge in [-0.05, 0) is 45.2 Å². The Morgan fingerprint density at radius 1 is 1.24 bits per heavy atom. The fourth-order valence-corrected chi connectivity index (χ4v) is 2.56. The predicted molar refractivity (Wildman–Crippen MR) is 86.8 cm³/mol. The molecule has 0 aliphatic carbocycles. The number of hydrogen-bond acceptors (Lipinski definition) is 3. The molecule has 0 amide bonds. The lowest BCUT2D eigenvalue weighted by Crippen LogP contribution is -2.22. The molecule has 4 nitrogen and oxygen atoms in total. The Bertz CT molecular complexity index is 604. The molecule has 1 aromatic carbocycles. The Morgan fingerprint density at radius 2 is 1.95 bits per heavy atom. The summed E-state index contributed by atoms with van der Waals surface area (Å²) in [5.74, 6) is 1.02. The van der Waals surface area contributed by atoms with Crippen molar-refractivity contribution in [1.82, 2.24) is 9.78 Å². The Morgan fingerprint density at radius 3 is 2.62 bits per heavy atom. The average Bonchev–Trinajstić information content (AvgIpc) is 2.70.